The Balaban J connectivity index is 1.90. The summed E-state index contributed by atoms with van der Waals surface area (Å²) >= 11 is 0. The summed E-state index contributed by atoms with van der Waals surface area (Å²) in [5, 5.41) is 3.46. The van der Waals surface area contributed by atoms with E-state index in [1.54, 1.807) is 0 Å². The second-order valence-electron chi connectivity index (χ2n) is 5.87. The van der Waals surface area contributed by atoms with Crippen molar-refractivity contribution >= 4 is 0 Å². The summed E-state index contributed by atoms with van der Waals surface area (Å²) in [6.45, 7) is 4.56. The largest absolute Gasteiger partial charge is 0.317 e. The number of benzene rings is 2. The Labute approximate surface area is 122 Å². The number of piperidine rings is 1. The summed E-state index contributed by atoms with van der Waals surface area (Å²) in [4.78, 5) is 0. The number of rotatable bonds is 3. The molecular formula is C19H23N. The van der Waals surface area contributed by atoms with Crippen LogP contribution in [0.1, 0.15) is 24.0 Å². The molecule has 1 nitrogen and oxygen atoms in total. The van der Waals surface area contributed by atoms with Gasteiger partial charge in [0, 0.05) is 0 Å². The van der Waals surface area contributed by atoms with E-state index in [4.69, 9.17) is 0 Å². The van der Waals surface area contributed by atoms with Gasteiger partial charge in [-0.2, -0.15) is 0 Å². The van der Waals surface area contributed by atoms with Gasteiger partial charge in [0.1, 0.15) is 0 Å². The summed E-state index contributed by atoms with van der Waals surface area (Å²) in [5.74, 6) is 0.835. The Hall–Kier alpha value is -1.60. The predicted molar refractivity (Wildman–Crippen MR) is 85.9 cm³/mol. The first-order valence-corrected chi connectivity index (χ1v) is 7.69. The van der Waals surface area contributed by atoms with Crippen molar-refractivity contribution < 1.29 is 0 Å². The van der Waals surface area contributed by atoms with Gasteiger partial charge in [-0.25, -0.2) is 0 Å². The molecule has 20 heavy (non-hydrogen) atoms. The highest BCUT2D eigenvalue weighted by molar-refractivity contribution is 5.70. The molecule has 0 bridgehead atoms. The van der Waals surface area contributed by atoms with E-state index in [1.807, 2.05) is 0 Å². The van der Waals surface area contributed by atoms with Crippen LogP contribution in [0.2, 0.25) is 0 Å². The molecule has 104 valence electrons. The van der Waals surface area contributed by atoms with E-state index in [0.717, 1.165) is 5.92 Å². The van der Waals surface area contributed by atoms with Gasteiger partial charge in [0.2, 0.25) is 0 Å². The minimum atomic E-state index is 0.835. The van der Waals surface area contributed by atoms with Crippen LogP contribution in [-0.2, 0) is 6.42 Å². The van der Waals surface area contributed by atoms with Crippen LogP contribution in [-0.4, -0.2) is 13.1 Å². The molecular weight excluding hydrogens is 242 g/mol. The molecule has 1 saturated heterocycles. The number of hydrogen-bond acceptors (Lipinski definition) is 1. The number of nitrogens with one attached hydrogen (secondary N) is 1. The zero-order chi connectivity index (χ0) is 13.8. The highest BCUT2D eigenvalue weighted by Gasteiger charge is 2.16. The van der Waals surface area contributed by atoms with Crippen LogP contribution in [0.25, 0.3) is 11.1 Å². The molecule has 1 N–H and O–H groups in total. The Morgan fingerprint density at radius 3 is 2.30 bits per heavy atom. The Kier molecular flexibility index (Phi) is 4.17. The van der Waals surface area contributed by atoms with E-state index >= 15 is 0 Å². The quantitative estimate of drug-likeness (QED) is 0.877. The zero-order valence-corrected chi connectivity index (χ0v) is 12.2. The van der Waals surface area contributed by atoms with E-state index in [-0.39, 0.29) is 0 Å². The molecule has 0 spiro atoms. The van der Waals surface area contributed by atoms with Crippen LogP contribution in [0.4, 0.5) is 0 Å². The van der Waals surface area contributed by atoms with Crippen LogP contribution in [0.3, 0.4) is 0 Å². The van der Waals surface area contributed by atoms with Crippen LogP contribution < -0.4 is 5.32 Å². The van der Waals surface area contributed by atoms with Crippen molar-refractivity contribution in [1.82, 2.24) is 5.32 Å². The molecule has 0 aliphatic carbocycles. The first kappa shape index (κ1) is 13.4. The molecule has 0 aromatic heterocycles. The lowest BCUT2D eigenvalue weighted by molar-refractivity contribution is 0.373. The van der Waals surface area contributed by atoms with Gasteiger partial charge in [-0.15, -0.1) is 0 Å². The average Bonchev–Trinajstić information content (AvgIpc) is 2.50. The lowest BCUT2D eigenvalue weighted by atomic mass is 9.86. The molecule has 1 aliphatic rings. The molecule has 1 fully saturated rings. The van der Waals surface area contributed by atoms with Gasteiger partial charge in [-0.05, 0) is 67.4 Å². The molecule has 1 heteroatoms. The summed E-state index contributed by atoms with van der Waals surface area (Å²) in [6.07, 6.45) is 3.83. The van der Waals surface area contributed by atoms with E-state index < -0.39 is 0 Å². The second kappa shape index (κ2) is 6.23. The molecule has 1 heterocycles. The Bertz CT molecular complexity index is 567. The van der Waals surface area contributed by atoms with E-state index in [2.05, 4.69) is 60.8 Å². The summed E-state index contributed by atoms with van der Waals surface area (Å²) < 4.78 is 0. The predicted octanol–water partition coefficient (Wildman–Crippen LogP) is 4.20. The smallest absolute Gasteiger partial charge is 0.00462 e. The van der Waals surface area contributed by atoms with Crippen molar-refractivity contribution in [3.05, 3.63) is 59.7 Å². The van der Waals surface area contributed by atoms with Gasteiger partial charge in [0.15, 0.2) is 0 Å². The third-order valence-corrected chi connectivity index (χ3v) is 4.42. The first-order valence-electron chi connectivity index (χ1n) is 7.69. The standard InChI is InChI=1S/C19H23N/c1-15-6-2-4-8-18(15)19-9-5-3-7-17(19)14-16-10-12-20-13-11-16/h2-9,16,20H,10-14H2,1H3. The minimum absolute atomic E-state index is 0.835. The van der Waals surface area contributed by atoms with Crippen molar-refractivity contribution in [2.24, 2.45) is 5.92 Å². The SMILES string of the molecule is Cc1ccccc1-c1ccccc1CC1CCNCC1. The van der Waals surface area contributed by atoms with Crippen LogP contribution in [0.5, 0.6) is 0 Å². The van der Waals surface area contributed by atoms with Crippen LogP contribution >= 0.6 is 0 Å². The zero-order valence-electron chi connectivity index (χ0n) is 12.2. The maximum atomic E-state index is 3.46. The molecule has 0 saturated carbocycles. The highest BCUT2D eigenvalue weighted by Crippen LogP contribution is 2.29. The molecule has 0 unspecified atom stereocenters. The highest BCUT2D eigenvalue weighted by atomic mass is 14.9. The van der Waals surface area contributed by atoms with Gasteiger partial charge in [0.05, 0.1) is 0 Å². The first-order chi connectivity index (χ1) is 9.84. The topological polar surface area (TPSA) is 12.0 Å². The van der Waals surface area contributed by atoms with Crippen LogP contribution in [0, 0.1) is 12.8 Å². The van der Waals surface area contributed by atoms with Gasteiger partial charge < -0.3 is 5.32 Å². The third kappa shape index (κ3) is 2.94. The summed E-state index contributed by atoms with van der Waals surface area (Å²) in [6, 6.07) is 17.6. The molecule has 2 aromatic rings. The lowest BCUT2D eigenvalue weighted by Gasteiger charge is -2.24. The molecule has 0 atom stereocenters. The third-order valence-electron chi connectivity index (χ3n) is 4.42. The fraction of sp³-hybridized carbons (Fsp3) is 0.368. The summed E-state index contributed by atoms with van der Waals surface area (Å²) in [7, 11) is 0. The maximum absolute atomic E-state index is 3.46. The maximum Gasteiger partial charge on any atom is -0.00462 e. The van der Waals surface area contributed by atoms with E-state index in [1.165, 1.54) is 54.6 Å². The fourth-order valence-corrected chi connectivity index (χ4v) is 3.23. The second-order valence-corrected chi connectivity index (χ2v) is 5.87. The van der Waals surface area contributed by atoms with E-state index in [0.29, 0.717) is 0 Å². The average molecular weight is 265 g/mol. The van der Waals surface area contributed by atoms with Crippen molar-refractivity contribution in [3.63, 3.8) is 0 Å². The minimum Gasteiger partial charge on any atom is -0.317 e. The molecule has 3 rings (SSSR count). The molecule has 2 aromatic carbocycles. The molecule has 0 amide bonds. The van der Waals surface area contributed by atoms with Gasteiger partial charge >= 0.3 is 0 Å². The molecule has 1 aliphatic heterocycles. The monoisotopic (exact) mass is 265 g/mol. The van der Waals surface area contributed by atoms with Crippen LogP contribution in [0.15, 0.2) is 48.5 Å². The van der Waals surface area contributed by atoms with Crippen molar-refractivity contribution in [2.45, 2.75) is 26.2 Å². The Morgan fingerprint density at radius 2 is 1.55 bits per heavy atom. The summed E-state index contributed by atoms with van der Waals surface area (Å²) in [5.41, 5.74) is 5.68. The molecule has 0 radical (unpaired) electrons. The normalized spacial score (nSPS) is 16.2. The van der Waals surface area contributed by atoms with Gasteiger partial charge in [-0.1, -0.05) is 48.5 Å². The van der Waals surface area contributed by atoms with Crippen molar-refractivity contribution in [1.29, 1.82) is 0 Å². The van der Waals surface area contributed by atoms with E-state index in [9.17, 15) is 0 Å². The number of hydrogen-bond donors (Lipinski definition) is 1. The fourth-order valence-electron chi connectivity index (χ4n) is 3.23. The van der Waals surface area contributed by atoms with Gasteiger partial charge in [-0.3, -0.25) is 0 Å². The van der Waals surface area contributed by atoms with Gasteiger partial charge in [0.25, 0.3) is 0 Å². The lowest BCUT2D eigenvalue weighted by Crippen LogP contribution is -2.28. The Morgan fingerprint density at radius 1 is 0.900 bits per heavy atom. The number of aryl methyl sites for hydroxylation is 1. The van der Waals surface area contributed by atoms with Crippen molar-refractivity contribution in [2.75, 3.05) is 13.1 Å². The van der Waals surface area contributed by atoms with Crippen molar-refractivity contribution in [3.8, 4) is 11.1 Å².